The molecular weight excluding hydrogens is 200 g/mol. The van der Waals surface area contributed by atoms with E-state index >= 15 is 0 Å². The van der Waals surface area contributed by atoms with Gasteiger partial charge in [0.1, 0.15) is 9.84 Å². The van der Waals surface area contributed by atoms with Crippen molar-refractivity contribution in [3.8, 4) is 0 Å². The molecule has 14 heavy (non-hydrogen) atoms. The Morgan fingerprint density at radius 2 is 1.86 bits per heavy atom. The molecule has 0 aromatic carbocycles. The Labute approximate surface area is 85.2 Å². The van der Waals surface area contributed by atoms with E-state index in [9.17, 15) is 8.42 Å². The van der Waals surface area contributed by atoms with E-state index in [0.717, 1.165) is 0 Å². The molecule has 1 heterocycles. The zero-order chi connectivity index (χ0) is 10.2. The molecule has 1 saturated heterocycles. The lowest BCUT2D eigenvalue weighted by atomic mass is 9.92. The summed E-state index contributed by atoms with van der Waals surface area (Å²) in [6, 6.07) is 0.597. The predicted molar refractivity (Wildman–Crippen MR) is 55.8 cm³/mol. The Morgan fingerprint density at radius 1 is 1.29 bits per heavy atom. The van der Waals surface area contributed by atoms with Crippen molar-refractivity contribution in [2.45, 2.75) is 37.3 Å². The summed E-state index contributed by atoms with van der Waals surface area (Å²) in [4.78, 5) is 0. The van der Waals surface area contributed by atoms with Gasteiger partial charge in [-0.05, 0) is 25.7 Å². The lowest BCUT2D eigenvalue weighted by molar-refractivity contribution is 0.299. The molecule has 0 unspecified atom stereocenters. The molecule has 2 rings (SSSR count). The highest BCUT2D eigenvalue weighted by Gasteiger charge is 2.39. The first-order valence-corrected chi connectivity index (χ1v) is 7.06. The molecule has 0 aromatic heterocycles. The Morgan fingerprint density at radius 3 is 2.29 bits per heavy atom. The molecular formula is C9H18N2O2S. The lowest BCUT2D eigenvalue weighted by Gasteiger charge is -2.37. The molecule has 1 saturated carbocycles. The zero-order valence-corrected chi connectivity index (χ0v) is 9.15. The summed E-state index contributed by atoms with van der Waals surface area (Å²) < 4.78 is 22.6. The van der Waals surface area contributed by atoms with E-state index < -0.39 is 9.84 Å². The van der Waals surface area contributed by atoms with Crippen LogP contribution in [0.2, 0.25) is 0 Å². The molecule has 2 aliphatic rings. The average Bonchev–Trinajstić information content (AvgIpc) is 2.93. The van der Waals surface area contributed by atoms with Gasteiger partial charge in [-0.3, -0.25) is 0 Å². The first-order valence-electron chi connectivity index (χ1n) is 5.23. The van der Waals surface area contributed by atoms with Crippen molar-refractivity contribution in [2.24, 2.45) is 5.73 Å². The highest BCUT2D eigenvalue weighted by atomic mass is 32.2. The van der Waals surface area contributed by atoms with Gasteiger partial charge >= 0.3 is 0 Å². The van der Waals surface area contributed by atoms with Crippen molar-refractivity contribution in [1.29, 1.82) is 0 Å². The van der Waals surface area contributed by atoms with Gasteiger partial charge in [-0.25, -0.2) is 8.42 Å². The summed E-state index contributed by atoms with van der Waals surface area (Å²) in [7, 11) is -2.77. The highest BCUT2D eigenvalue weighted by Crippen LogP contribution is 2.29. The van der Waals surface area contributed by atoms with Crippen LogP contribution >= 0.6 is 0 Å². The van der Waals surface area contributed by atoms with Gasteiger partial charge in [0.05, 0.1) is 11.5 Å². The van der Waals surface area contributed by atoms with Gasteiger partial charge in [-0.2, -0.15) is 0 Å². The monoisotopic (exact) mass is 218 g/mol. The van der Waals surface area contributed by atoms with Crippen molar-refractivity contribution in [3.05, 3.63) is 0 Å². The highest BCUT2D eigenvalue weighted by molar-refractivity contribution is 7.91. The van der Waals surface area contributed by atoms with E-state index in [-0.39, 0.29) is 5.54 Å². The van der Waals surface area contributed by atoms with Gasteiger partial charge in [0.25, 0.3) is 0 Å². The van der Waals surface area contributed by atoms with Gasteiger partial charge in [-0.15, -0.1) is 0 Å². The van der Waals surface area contributed by atoms with Gasteiger partial charge < -0.3 is 11.1 Å². The standard InChI is InChI=1S/C9H18N2O2S/c10-7-9(11-8-1-2-8)3-5-14(12,13)6-4-9/h8,11H,1-7,10H2. The van der Waals surface area contributed by atoms with Crippen LogP contribution in [0, 0.1) is 0 Å². The van der Waals surface area contributed by atoms with Crippen LogP contribution in [0.3, 0.4) is 0 Å². The van der Waals surface area contributed by atoms with Crippen LogP contribution < -0.4 is 11.1 Å². The fourth-order valence-corrected chi connectivity index (χ4v) is 3.60. The van der Waals surface area contributed by atoms with Crippen molar-refractivity contribution < 1.29 is 8.42 Å². The number of sulfone groups is 1. The van der Waals surface area contributed by atoms with E-state index in [4.69, 9.17) is 5.73 Å². The Hall–Kier alpha value is -0.130. The van der Waals surface area contributed by atoms with Crippen molar-refractivity contribution in [3.63, 3.8) is 0 Å². The Kier molecular flexibility index (Phi) is 2.57. The molecule has 1 aliphatic carbocycles. The molecule has 3 N–H and O–H groups in total. The third-order valence-electron chi connectivity index (χ3n) is 3.26. The second kappa shape index (κ2) is 3.47. The van der Waals surface area contributed by atoms with Crippen LogP contribution in [-0.4, -0.2) is 38.0 Å². The van der Waals surface area contributed by atoms with E-state index in [1.807, 2.05) is 0 Å². The molecule has 2 fully saturated rings. The van der Waals surface area contributed by atoms with Gasteiger partial charge in [0.2, 0.25) is 0 Å². The predicted octanol–water partition coefficient (Wildman–Crippen LogP) is -0.356. The molecule has 0 spiro atoms. The zero-order valence-electron chi connectivity index (χ0n) is 8.33. The van der Waals surface area contributed by atoms with Crippen LogP contribution in [0.5, 0.6) is 0 Å². The third kappa shape index (κ3) is 2.27. The molecule has 0 atom stereocenters. The molecule has 0 bridgehead atoms. The van der Waals surface area contributed by atoms with Gasteiger partial charge in [0.15, 0.2) is 0 Å². The summed E-state index contributed by atoms with van der Waals surface area (Å²) in [6.45, 7) is 0.555. The van der Waals surface area contributed by atoms with E-state index in [2.05, 4.69) is 5.32 Å². The quantitative estimate of drug-likeness (QED) is 0.679. The van der Waals surface area contributed by atoms with Crippen LogP contribution in [0.4, 0.5) is 0 Å². The summed E-state index contributed by atoms with van der Waals surface area (Å²) in [5.41, 5.74) is 5.65. The maximum atomic E-state index is 11.3. The Balaban J connectivity index is 1.99. The summed E-state index contributed by atoms with van der Waals surface area (Å²) in [5.74, 6) is 0.591. The maximum Gasteiger partial charge on any atom is 0.150 e. The van der Waals surface area contributed by atoms with Crippen molar-refractivity contribution >= 4 is 9.84 Å². The van der Waals surface area contributed by atoms with Crippen LogP contribution in [0.1, 0.15) is 25.7 Å². The molecule has 82 valence electrons. The Bertz CT molecular complexity index is 295. The van der Waals surface area contributed by atoms with Crippen molar-refractivity contribution in [2.75, 3.05) is 18.1 Å². The number of hydrogen-bond donors (Lipinski definition) is 2. The van der Waals surface area contributed by atoms with Crippen LogP contribution in [-0.2, 0) is 9.84 Å². The second-order valence-corrected chi connectivity index (χ2v) is 6.86. The topological polar surface area (TPSA) is 72.2 Å². The average molecular weight is 218 g/mol. The molecule has 0 radical (unpaired) electrons. The van der Waals surface area contributed by atoms with Gasteiger partial charge in [0, 0.05) is 18.1 Å². The first kappa shape index (κ1) is 10.4. The normalized spacial score (nSPS) is 30.1. The molecule has 4 nitrogen and oxygen atoms in total. The minimum absolute atomic E-state index is 0.0908. The van der Waals surface area contributed by atoms with E-state index in [1.165, 1.54) is 12.8 Å². The smallest absolute Gasteiger partial charge is 0.150 e. The largest absolute Gasteiger partial charge is 0.329 e. The minimum atomic E-state index is -2.77. The van der Waals surface area contributed by atoms with Gasteiger partial charge in [-0.1, -0.05) is 0 Å². The first-order chi connectivity index (χ1) is 6.55. The third-order valence-corrected chi connectivity index (χ3v) is 4.91. The number of hydrogen-bond acceptors (Lipinski definition) is 4. The molecule has 0 amide bonds. The number of nitrogens with one attached hydrogen (secondary N) is 1. The summed E-state index contributed by atoms with van der Waals surface area (Å²) in [6.07, 6.45) is 3.80. The summed E-state index contributed by atoms with van der Waals surface area (Å²) >= 11 is 0. The number of rotatable bonds is 3. The maximum absolute atomic E-state index is 11.3. The minimum Gasteiger partial charge on any atom is -0.329 e. The lowest BCUT2D eigenvalue weighted by Crippen LogP contribution is -2.56. The summed E-state index contributed by atoms with van der Waals surface area (Å²) in [5, 5.41) is 3.50. The van der Waals surface area contributed by atoms with Crippen LogP contribution in [0.15, 0.2) is 0 Å². The van der Waals surface area contributed by atoms with Crippen LogP contribution in [0.25, 0.3) is 0 Å². The molecule has 0 aromatic rings. The second-order valence-electron chi connectivity index (χ2n) is 4.55. The fourth-order valence-electron chi connectivity index (χ4n) is 2.00. The van der Waals surface area contributed by atoms with Crippen molar-refractivity contribution in [1.82, 2.24) is 5.32 Å². The number of nitrogens with two attached hydrogens (primary N) is 1. The van der Waals surface area contributed by atoms with E-state index in [0.29, 0.717) is 36.9 Å². The molecule has 5 heteroatoms. The molecule has 1 aliphatic heterocycles. The SMILES string of the molecule is NCC1(NC2CC2)CCS(=O)(=O)CC1. The fraction of sp³-hybridized carbons (Fsp3) is 1.00. The van der Waals surface area contributed by atoms with E-state index in [1.54, 1.807) is 0 Å².